The normalized spacial score (nSPS) is 23.0. The van der Waals surface area contributed by atoms with Crippen LogP contribution >= 0.6 is 17.0 Å². The number of benzene rings is 2. The monoisotopic (exact) mass is 578 g/mol. The second-order valence-electron chi connectivity index (χ2n) is 10.2. The summed E-state index contributed by atoms with van der Waals surface area (Å²) in [5.74, 6) is 9.36. The molecule has 170 valence electrons. The molecular weight excluding hydrogens is 551 g/mol. The van der Waals surface area contributed by atoms with Gasteiger partial charge in [-0.1, -0.05) is 75.5 Å². The molecule has 4 aliphatic rings. The van der Waals surface area contributed by atoms with Gasteiger partial charge >= 0.3 is 37.9 Å². The Morgan fingerprint density at radius 3 is 1.44 bits per heavy atom. The molecule has 2 aromatic carbocycles. The third-order valence-electron chi connectivity index (χ3n) is 7.92. The van der Waals surface area contributed by atoms with E-state index >= 15 is 0 Å². The van der Waals surface area contributed by atoms with E-state index in [1.165, 1.54) is 71.6 Å². The van der Waals surface area contributed by atoms with Crippen molar-refractivity contribution >= 4 is 25.1 Å². The molecule has 0 aromatic heterocycles. The topological polar surface area (TPSA) is 0 Å². The Morgan fingerprint density at radius 2 is 1.03 bits per heavy atom. The van der Waals surface area contributed by atoms with E-state index in [2.05, 4.69) is 88.3 Å². The Morgan fingerprint density at radius 1 is 0.647 bits per heavy atom. The zero-order chi connectivity index (χ0) is 24.0. The van der Waals surface area contributed by atoms with E-state index in [4.69, 9.17) is 17.0 Å². The Hall–Kier alpha value is 0.120. The van der Waals surface area contributed by atoms with E-state index in [0.717, 1.165) is 0 Å². The van der Waals surface area contributed by atoms with E-state index in [9.17, 15) is 0 Å². The van der Waals surface area contributed by atoms with Crippen LogP contribution in [0.4, 0.5) is 0 Å². The van der Waals surface area contributed by atoms with Crippen LogP contribution in [0.25, 0.3) is 0 Å². The minimum atomic E-state index is -1.84. The van der Waals surface area contributed by atoms with Crippen molar-refractivity contribution in [3.05, 3.63) is 130 Å². The third kappa shape index (κ3) is 4.40. The van der Waals surface area contributed by atoms with Gasteiger partial charge in [-0.05, 0) is 95.5 Å². The predicted molar refractivity (Wildman–Crippen MR) is 143 cm³/mol. The molecule has 4 heteroatoms. The molecule has 2 saturated carbocycles. The van der Waals surface area contributed by atoms with Crippen molar-refractivity contribution in [3.63, 3.8) is 0 Å². The number of hydrogen-bond donors (Lipinski definition) is 0. The Bertz CT molecular complexity index is 929. The summed E-state index contributed by atoms with van der Waals surface area (Å²) in [5.41, 5.74) is 9.41. The van der Waals surface area contributed by atoms with Gasteiger partial charge in [0.1, 0.15) is 0 Å². The summed E-state index contributed by atoms with van der Waals surface area (Å²) >= 11 is -0.826. The summed E-state index contributed by atoms with van der Waals surface area (Å²) in [4.78, 5) is 0. The molecule has 0 nitrogen and oxygen atoms in total. The van der Waals surface area contributed by atoms with Gasteiger partial charge in [0, 0.05) is 11.8 Å². The maximum absolute atomic E-state index is 4.93. The van der Waals surface area contributed by atoms with E-state index in [-0.39, 0.29) is 0 Å². The van der Waals surface area contributed by atoms with Gasteiger partial charge < -0.3 is 0 Å². The van der Waals surface area contributed by atoms with Crippen LogP contribution in [0.15, 0.2) is 48.5 Å². The molecule has 10 radical (unpaired) electrons. The average molecular weight is 581 g/mol. The zero-order valence-corrected chi connectivity index (χ0v) is 25.3. The van der Waals surface area contributed by atoms with E-state index in [0.29, 0.717) is 0 Å². The van der Waals surface area contributed by atoms with Crippen molar-refractivity contribution in [1.29, 1.82) is 0 Å². The van der Waals surface area contributed by atoms with Gasteiger partial charge in [-0.2, -0.15) is 0 Å². The molecule has 0 spiro atoms. The van der Waals surface area contributed by atoms with Gasteiger partial charge in [0.15, 0.2) is 0 Å². The van der Waals surface area contributed by atoms with Gasteiger partial charge in [0.05, 0.1) is 8.07 Å². The van der Waals surface area contributed by atoms with Crippen LogP contribution in [0.5, 0.6) is 0 Å². The molecule has 0 saturated heterocycles. The summed E-state index contributed by atoms with van der Waals surface area (Å²) in [5, 5.41) is 0. The molecule has 2 fully saturated rings. The molecule has 2 aromatic rings. The fourth-order valence-electron chi connectivity index (χ4n) is 6.88. The van der Waals surface area contributed by atoms with Crippen LogP contribution in [0.3, 0.4) is 0 Å². The van der Waals surface area contributed by atoms with Crippen molar-refractivity contribution in [3.8, 4) is 0 Å². The molecule has 6 rings (SSSR count). The molecule has 4 aliphatic carbocycles. The number of fused-ring (bicyclic) bond motifs is 6. The predicted octanol–water partition coefficient (Wildman–Crippen LogP) is 8.21. The minimum absolute atomic E-state index is 0.826. The van der Waals surface area contributed by atoms with Gasteiger partial charge in [0.2, 0.25) is 0 Å². The van der Waals surface area contributed by atoms with Crippen molar-refractivity contribution in [1.82, 2.24) is 0 Å². The molecule has 34 heavy (non-hydrogen) atoms. The molecular formula is C30H30Cl2SiZr+2. The summed E-state index contributed by atoms with van der Waals surface area (Å²) < 4.78 is 0. The van der Waals surface area contributed by atoms with Crippen molar-refractivity contribution in [2.45, 2.75) is 52.6 Å². The number of rotatable bonds is 2. The summed E-state index contributed by atoms with van der Waals surface area (Å²) in [6, 6.07) is 18.1. The molecule has 0 amide bonds. The van der Waals surface area contributed by atoms with Gasteiger partial charge in [-0.25, -0.2) is 0 Å². The number of hydrogen-bond acceptors (Lipinski definition) is 0. The standard InChI is InChI=1S/C30H30Si.2ClH.Zr/c1-19-17-27-23-11-7-5-9-21(23)13-15-25(27)29(19)31(3,4)30-20(2)18-28-24-12-8-6-10-22(24)14-16-26(28)30;;;/h5-12,17-18H,13-16H2,1-4H3;2*1H;/q;;;+4/p-2. The van der Waals surface area contributed by atoms with Crippen molar-refractivity contribution in [2.75, 3.05) is 0 Å². The molecule has 0 unspecified atom stereocenters. The molecule has 0 aliphatic heterocycles. The summed E-state index contributed by atoms with van der Waals surface area (Å²) in [6.07, 6.45) is 9.73. The van der Waals surface area contributed by atoms with Crippen LogP contribution in [0.1, 0.15) is 48.9 Å². The quantitative estimate of drug-likeness (QED) is 0.314. The average Bonchev–Trinajstić information content (AvgIpc) is 3.36. The second kappa shape index (κ2) is 10.5. The summed E-state index contributed by atoms with van der Waals surface area (Å²) in [7, 11) is 8.03. The van der Waals surface area contributed by atoms with Crippen LogP contribution in [-0.2, 0) is 33.7 Å². The third-order valence-corrected chi connectivity index (χ3v) is 11.8. The van der Waals surface area contributed by atoms with Crippen molar-refractivity contribution < 1.29 is 20.8 Å². The zero-order valence-electron chi connectivity index (χ0n) is 20.4. The van der Waals surface area contributed by atoms with Crippen LogP contribution < -0.4 is 0 Å². The fraction of sp³-hybridized carbons (Fsp3) is 0.267. The van der Waals surface area contributed by atoms with Gasteiger partial charge in [-0.15, -0.1) is 0 Å². The van der Waals surface area contributed by atoms with Crippen LogP contribution in [0, 0.1) is 59.4 Å². The van der Waals surface area contributed by atoms with E-state index < -0.39 is 28.9 Å². The Balaban J connectivity index is 0.000000764. The Labute approximate surface area is 227 Å². The SMILES string of the molecule is C[C]1[CH][C]2[C](CCc3ccccc32)[C]1[Si](C)(C)[C]1[C](C)[CH][C]2[C]1CCc1ccccc12.[Cl][Zr+2][Cl]. The van der Waals surface area contributed by atoms with E-state index in [1.807, 2.05) is 0 Å². The first-order valence-corrected chi connectivity index (χ1v) is 21.4. The van der Waals surface area contributed by atoms with Crippen LogP contribution in [0.2, 0.25) is 13.1 Å². The second-order valence-corrected chi connectivity index (χ2v) is 18.2. The Kier molecular flexibility index (Phi) is 7.93. The first kappa shape index (κ1) is 25.8. The number of halogens is 2. The number of aryl methyl sites for hydroxylation is 2. The van der Waals surface area contributed by atoms with E-state index in [1.54, 1.807) is 22.9 Å². The fourth-order valence-corrected chi connectivity index (χ4v) is 11.3. The molecule has 0 heterocycles. The van der Waals surface area contributed by atoms with Crippen molar-refractivity contribution in [2.24, 2.45) is 0 Å². The first-order chi connectivity index (χ1) is 16.4. The molecule has 0 atom stereocenters. The van der Waals surface area contributed by atoms with Gasteiger partial charge in [0.25, 0.3) is 0 Å². The van der Waals surface area contributed by atoms with Crippen LogP contribution in [-0.4, -0.2) is 8.07 Å². The molecule has 0 bridgehead atoms. The van der Waals surface area contributed by atoms with Gasteiger partial charge in [-0.3, -0.25) is 0 Å². The first-order valence-electron chi connectivity index (χ1n) is 12.1. The maximum atomic E-state index is 4.93. The molecule has 0 N–H and O–H groups in total. The summed E-state index contributed by atoms with van der Waals surface area (Å²) in [6.45, 7) is 9.95.